The normalized spacial score (nSPS) is 15.1. The van der Waals surface area contributed by atoms with Crippen molar-refractivity contribution in [3.63, 3.8) is 0 Å². The molecular formula is C28H30N4O3. The Morgan fingerprint density at radius 1 is 1.06 bits per heavy atom. The maximum atomic E-state index is 13.1. The standard InChI is InChI=1S/C28H30N4O3/c1-21-5-7-22(8-6-21)26(19-31-14-16-34-17-15-31)30-28(33)23-9-11-25(12-10-23)35-20-24-18-32-13-3-2-4-27(32)29-24/h2-13,18,26H,14-17,19-20H2,1H3,(H,30,33)/t26-/m1/s1. The third-order valence-corrected chi connectivity index (χ3v) is 6.25. The summed E-state index contributed by atoms with van der Waals surface area (Å²) in [6.07, 6.45) is 3.92. The van der Waals surface area contributed by atoms with E-state index >= 15 is 0 Å². The van der Waals surface area contributed by atoms with Crippen LogP contribution in [0.1, 0.15) is 33.2 Å². The molecular weight excluding hydrogens is 440 g/mol. The van der Waals surface area contributed by atoms with Crippen LogP contribution in [0, 0.1) is 6.92 Å². The summed E-state index contributed by atoms with van der Waals surface area (Å²) in [5.74, 6) is 0.595. The van der Waals surface area contributed by atoms with Crippen molar-refractivity contribution in [2.75, 3.05) is 32.8 Å². The van der Waals surface area contributed by atoms with E-state index in [9.17, 15) is 4.79 Å². The molecule has 3 heterocycles. The quantitative estimate of drug-likeness (QED) is 0.421. The van der Waals surface area contributed by atoms with Crippen molar-refractivity contribution in [1.29, 1.82) is 0 Å². The van der Waals surface area contributed by atoms with E-state index in [2.05, 4.69) is 46.4 Å². The summed E-state index contributed by atoms with van der Waals surface area (Å²) in [7, 11) is 0. The molecule has 5 rings (SSSR count). The number of hydrogen-bond donors (Lipinski definition) is 1. The molecule has 0 saturated carbocycles. The molecule has 1 saturated heterocycles. The second-order valence-electron chi connectivity index (χ2n) is 8.86. The molecule has 1 N–H and O–H groups in total. The zero-order valence-corrected chi connectivity index (χ0v) is 19.9. The maximum absolute atomic E-state index is 13.1. The monoisotopic (exact) mass is 470 g/mol. The summed E-state index contributed by atoms with van der Waals surface area (Å²) in [4.78, 5) is 20.0. The third-order valence-electron chi connectivity index (χ3n) is 6.25. The van der Waals surface area contributed by atoms with E-state index in [0.717, 1.165) is 49.8 Å². The summed E-state index contributed by atoms with van der Waals surface area (Å²) in [5, 5.41) is 3.23. The molecule has 1 aliphatic rings. The van der Waals surface area contributed by atoms with Crippen LogP contribution in [-0.4, -0.2) is 53.0 Å². The molecule has 0 bridgehead atoms. The fraction of sp³-hybridized carbons (Fsp3) is 0.286. The summed E-state index contributed by atoms with van der Waals surface area (Å²) >= 11 is 0. The topological polar surface area (TPSA) is 68.1 Å². The molecule has 7 heteroatoms. The van der Waals surface area contributed by atoms with Gasteiger partial charge in [0.1, 0.15) is 18.0 Å². The van der Waals surface area contributed by atoms with Crippen molar-refractivity contribution in [2.45, 2.75) is 19.6 Å². The Morgan fingerprint density at radius 3 is 2.57 bits per heavy atom. The van der Waals surface area contributed by atoms with Gasteiger partial charge in [0, 0.05) is 37.6 Å². The first-order valence-electron chi connectivity index (χ1n) is 12.0. The minimum absolute atomic E-state index is 0.101. The molecule has 0 spiro atoms. The Morgan fingerprint density at radius 2 is 1.83 bits per heavy atom. The largest absolute Gasteiger partial charge is 0.487 e. The van der Waals surface area contributed by atoms with Crippen molar-refractivity contribution < 1.29 is 14.3 Å². The van der Waals surface area contributed by atoms with Crippen LogP contribution in [0.5, 0.6) is 5.75 Å². The van der Waals surface area contributed by atoms with E-state index in [0.29, 0.717) is 17.9 Å². The van der Waals surface area contributed by atoms with Gasteiger partial charge in [0.15, 0.2) is 0 Å². The van der Waals surface area contributed by atoms with Gasteiger partial charge in [0.2, 0.25) is 0 Å². The number of fused-ring (bicyclic) bond motifs is 1. The lowest BCUT2D eigenvalue weighted by Gasteiger charge is -2.31. The number of rotatable bonds is 8. The number of aromatic nitrogens is 2. The van der Waals surface area contributed by atoms with E-state index in [4.69, 9.17) is 9.47 Å². The SMILES string of the molecule is Cc1ccc([C@@H](CN2CCOCC2)NC(=O)c2ccc(OCc3cn4ccccc4n3)cc2)cc1. The second kappa shape index (κ2) is 10.7. The van der Waals surface area contributed by atoms with Crippen molar-refractivity contribution >= 4 is 11.6 Å². The molecule has 1 amide bonds. The highest BCUT2D eigenvalue weighted by Crippen LogP contribution is 2.19. The number of pyridine rings is 1. The van der Waals surface area contributed by atoms with Gasteiger partial charge in [-0.25, -0.2) is 4.98 Å². The van der Waals surface area contributed by atoms with E-state index in [-0.39, 0.29) is 11.9 Å². The fourth-order valence-electron chi connectivity index (χ4n) is 4.23. The van der Waals surface area contributed by atoms with Crippen molar-refractivity contribution in [2.24, 2.45) is 0 Å². The molecule has 0 aliphatic carbocycles. The van der Waals surface area contributed by atoms with Crippen molar-refractivity contribution in [3.05, 3.63) is 102 Å². The number of morpholine rings is 1. The van der Waals surface area contributed by atoms with Crippen LogP contribution in [0.2, 0.25) is 0 Å². The zero-order chi connectivity index (χ0) is 24.0. The summed E-state index contributed by atoms with van der Waals surface area (Å²) in [5.41, 5.74) is 4.64. The number of aryl methyl sites for hydroxylation is 1. The average Bonchev–Trinajstić information content (AvgIpc) is 3.32. The summed E-state index contributed by atoms with van der Waals surface area (Å²) in [6.45, 7) is 6.38. The van der Waals surface area contributed by atoms with Crippen LogP contribution in [0.15, 0.2) is 79.1 Å². The highest BCUT2D eigenvalue weighted by molar-refractivity contribution is 5.94. The van der Waals surface area contributed by atoms with Gasteiger partial charge in [-0.15, -0.1) is 0 Å². The second-order valence-corrected chi connectivity index (χ2v) is 8.86. The van der Waals surface area contributed by atoms with Gasteiger partial charge in [0.05, 0.1) is 24.9 Å². The number of nitrogens with one attached hydrogen (secondary N) is 1. The number of benzene rings is 2. The first-order valence-corrected chi connectivity index (χ1v) is 12.0. The molecule has 2 aromatic carbocycles. The fourth-order valence-corrected chi connectivity index (χ4v) is 4.23. The lowest BCUT2D eigenvalue weighted by atomic mass is 10.0. The molecule has 1 atom stereocenters. The van der Waals surface area contributed by atoms with Crippen LogP contribution in [0.4, 0.5) is 0 Å². The number of ether oxygens (including phenoxy) is 2. The Bertz CT molecular complexity index is 1230. The summed E-state index contributed by atoms with van der Waals surface area (Å²) < 4.78 is 13.3. The van der Waals surface area contributed by atoms with Crippen LogP contribution >= 0.6 is 0 Å². The maximum Gasteiger partial charge on any atom is 0.251 e. The smallest absolute Gasteiger partial charge is 0.251 e. The predicted molar refractivity (Wildman–Crippen MR) is 135 cm³/mol. The number of imidazole rings is 1. The third kappa shape index (κ3) is 5.88. The molecule has 4 aromatic rings. The number of hydrogen-bond acceptors (Lipinski definition) is 5. The Kier molecular flexibility index (Phi) is 7.07. The van der Waals surface area contributed by atoms with Gasteiger partial charge >= 0.3 is 0 Å². The van der Waals surface area contributed by atoms with Gasteiger partial charge in [0.25, 0.3) is 5.91 Å². The molecule has 1 aliphatic heterocycles. The van der Waals surface area contributed by atoms with E-state index < -0.39 is 0 Å². The van der Waals surface area contributed by atoms with Crippen LogP contribution in [0.25, 0.3) is 5.65 Å². The number of amides is 1. The molecule has 0 radical (unpaired) electrons. The number of nitrogens with zero attached hydrogens (tertiary/aromatic N) is 3. The van der Waals surface area contributed by atoms with Crippen LogP contribution in [0.3, 0.4) is 0 Å². The highest BCUT2D eigenvalue weighted by Gasteiger charge is 2.21. The lowest BCUT2D eigenvalue weighted by Crippen LogP contribution is -2.43. The van der Waals surface area contributed by atoms with Crippen LogP contribution < -0.4 is 10.1 Å². The average molecular weight is 471 g/mol. The molecule has 2 aromatic heterocycles. The molecule has 7 nitrogen and oxygen atoms in total. The molecule has 1 fully saturated rings. The highest BCUT2D eigenvalue weighted by atomic mass is 16.5. The number of carbonyl (C=O) groups is 1. The molecule has 0 unspecified atom stereocenters. The Balaban J connectivity index is 1.23. The molecule has 180 valence electrons. The van der Waals surface area contributed by atoms with Gasteiger partial charge in [-0.3, -0.25) is 9.69 Å². The Hall–Kier alpha value is -3.68. The van der Waals surface area contributed by atoms with Crippen LogP contribution in [-0.2, 0) is 11.3 Å². The number of carbonyl (C=O) groups excluding carboxylic acids is 1. The van der Waals surface area contributed by atoms with E-state index in [1.54, 1.807) is 12.1 Å². The first-order chi connectivity index (χ1) is 17.1. The van der Waals surface area contributed by atoms with Gasteiger partial charge in [-0.05, 0) is 48.9 Å². The zero-order valence-electron chi connectivity index (χ0n) is 19.9. The minimum atomic E-state index is -0.104. The first kappa shape index (κ1) is 23.1. The predicted octanol–water partition coefficient (Wildman–Crippen LogP) is 4.03. The Labute approximate surface area is 205 Å². The minimum Gasteiger partial charge on any atom is -0.487 e. The van der Waals surface area contributed by atoms with Gasteiger partial charge < -0.3 is 19.2 Å². The van der Waals surface area contributed by atoms with Crippen molar-refractivity contribution in [3.8, 4) is 5.75 Å². The van der Waals surface area contributed by atoms with Gasteiger partial charge in [-0.1, -0.05) is 35.9 Å². The van der Waals surface area contributed by atoms with E-state index in [1.807, 2.05) is 47.1 Å². The van der Waals surface area contributed by atoms with Gasteiger partial charge in [-0.2, -0.15) is 0 Å². The summed E-state index contributed by atoms with van der Waals surface area (Å²) in [6, 6.07) is 21.4. The van der Waals surface area contributed by atoms with Crippen molar-refractivity contribution in [1.82, 2.24) is 19.6 Å². The molecule has 35 heavy (non-hydrogen) atoms. The van der Waals surface area contributed by atoms with E-state index in [1.165, 1.54) is 5.56 Å². The lowest BCUT2D eigenvalue weighted by molar-refractivity contribution is 0.0332.